The zero-order valence-corrected chi connectivity index (χ0v) is 20.5. The van der Waals surface area contributed by atoms with Crippen molar-refractivity contribution in [2.24, 2.45) is 0 Å². The molecule has 1 amide bonds. The number of sulfonamides is 1. The number of nitrogens with one attached hydrogen (secondary N) is 1. The van der Waals surface area contributed by atoms with E-state index in [9.17, 15) is 30.8 Å². The van der Waals surface area contributed by atoms with Gasteiger partial charge in [-0.1, -0.05) is 6.07 Å². The molecule has 0 spiro atoms. The SMILES string of the molecule is CS(=O)(=O)Nc1ccn(C(=O)N2CCN(Cc3ccc(C(F)(F)F)c(N4CCC(F)CC4)c3)CC2)n1. The van der Waals surface area contributed by atoms with E-state index in [2.05, 4.69) is 9.82 Å². The molecule has 14 heteroatoms. The van der Waals surface area contributed by atoms with E-state index in [1.54, 1.807) is 15.9 Å². The van der Waals surface area contributed by atoms with Crippen molar-refractivity contribution < 1.29 is 30.8 Å². The molecule has 36 heavy (non-hydrogen) atoms. The van der Waals surface area contributed by atoms with Crippen LogP contribution < -0.4 is 9.62 Å². The van der Waals surface area contributed by atoms with Crippen LogP contribution in [0.3, 0.4) is 0 Å². The van der Waals surface area contributed by atoms with Crippen molar-refractivity contribution in [3.8, 4) is 0 Å². The maximum absolute atomic E-state index is 13.6. The molecule has 0 saturated carbocycles. The molecule has 0 unspecified atom stereocenters. The van der Waals surface area contributed by atoms with Gasteiger partial charge >= 0.3 is 12.2 Å². The molecule has 2 fully saturated rings. The Morgan fingerprint density at radius 2 is 1.75 bits per heavy atom. The van der Waals surface area contributed by atoms with E-state index in [0.29, 0.717) is 38.3 Å². The Balaban J connectivity index is 1.38. The minimum Gasteiger partial charge on any atom is -0.371 e. The quantitative estimate of drug-likeness (QED) is 0.596. The van der Waals surface area contributed by atoms with E-state index in [4.69, 9.17) is 0 Å². The summed E-state index contributed by atoms with van der Waals surface area (Å²) in [5, 5.41) is 3.95. The summed E-state index contributed by atoms with van der Waals surface area (Å²) in [5.74, 6) is 0.0401. The molecule has 1 aromatic heterocycles. The lowest BCUT2D eigenvalue weighted by Gasteiger charge is -2.35. The van der Waals surface area contributed by atoms with Crippen LogP contribution in [-0.2, 0) is 22.7 Å². The molecule has 0 atom stereocenters. The number of alkyl halides is 4. The number of anilines is 2. The van der Waals surface area contributed by atoms with Crippen molar-refractivity contribution >= 4 is 27.6 Å². The molecule has 0 aliphatic carbocycles. The highest BCUT2D eigenvalue weighted by molar-refractivity contribution is 7.92. The molecular weight excluding hydrogens is 504 g/mol. The topological polar surface area (TPSA) is 90.8 Å². The zero-order valence-electron chi connectivity index (χ0n) is 19.7. The van der Waals surface area contributed by atoms with Crippen LogP contribution in [0.5, 0.6) is 0 Å². The van der Waals surface area contributed by atoms with Crippen LogP contribution in [0.2, 0.25) is 0 Å². The van der Waals surface area contributed by atoms with E-state index < -0.39 is 34.0 Å². The lowest BCUT2D eigenvalue weighted by molar-refractivity contribution is -0.137. The van der Waals surface area contributed by atoms with Gasteiger partial charge in [-0.25, -0.2) is 17.6 Å². The van der Waals surface area contributed by atoms with Gasteiger partial charge in [0.05, 0.1) is 11.8 Å². The van der Waals surface area contributed by atoms with Gasteiger partial charge in [-0.3, -0.25) is 9.62 Å². The molecule has 2 aliphatic heterocycles. The third-order valence-electron chi connectivity index (χ3n) is 6.26. The van der Waals surface area contributed by atoms with E-state index >= 15 is 0 Å². The first-order valence-corrected chi connectivity index (χ1v) is 13.4. The fourth-order valence-corrected chi connectivity index (χ4v) is 4.93. The highest BCUT2D eigenvalue weighted by Gasteiger charge is 2.36. The fraction of sp³-hybridized carbons (Fsp3) is 0.545. The summed E-state index contributed by atoms with van der Waals surface area (Å²) in [6.07, 6.45) is -2.72. The number of benzene rings is 1. The standard InChI is InChI=1S/C22H28F4N6O3S/c1-36(34,35)28-20-6-9-32(27-20)21(33)31-12-10-29(11-13-31)15-16-2-3-18(22(24,25)26)19(14-16)30-7-4-17(23)5-8-30/h2-3,6,9,14,17H,4-5,7-8,10-13,15H2,1H3,(H,27,28). The van der Waals surface area contributed by atoms with Crippen LogP contribution in [0.1, 0.15) is 24.0 Å². The molecule has 198 valence electrons. The van der Waals surface area contributed by atoms with Gasteiger partial charge in [-0.05, 0) is 30.5 Å². The first kappa shape index (κ1) is 26.2. The number of amides is 1. The summed E-state index contributed by atoms with van der Waals surface area (Å²) >= 11 is 0. The number of aromatic nitrogens is 2. The third kappa shape index (κ3) is 6.46. The first-order chi connectivity index (χ1) is 16.9. The predicted octanol–water partition coefficient (Wildman–Crippen LogP) is 3.00. The minimum atomic E-state index is -4.50. The Bertz CT molecular complexity index is 1190. The Hall–Kier alpha value is -2.87. The smallest absolute Gasteiger partial charge is 0.371 e. The fourth-order valence-electron chi connectivity index (χ4n) is 4.44. The normalized spacial score (nSPS) is 18.5. The lowest BCUT2D eigenvalue weighted by atomic mass is 10.0. The van der Waals surface area contributed by atoms with Gasteiger partial charge in [0.1, 0.15) is 6.17 Å². The number of halogens is 4. The van der Waals surface area contributed by atoms with Crippen molar-refractivity contribution in [2.45, 2.75) is 31.7 Å². The van der Waals surface area contributed by atoms with Crippen molar-refractivity contribution in [2.75, 3.05) is 55.1 Å². The monoisotopic (exact) mass is 532 g/mol. The summed E-state index contributed by atoms with van der Waals surface area (Å²) in [6.45, 7) is 2.66. The summed E-state index contributed by atoms with van der Waals surface area (Å²) in [7, 11) is -3.51. The average Bonchev–Trinajstić information content (AvgIpc) is 3.25. The summed E-state index contributed by atoms with van der Waals surface area (Å²) in [4.78, 5) is 17.9. The molecule has 4 rings (SSSR count). The largest absolute Gasteiger partial charge is 0.418 e. The second kappa shape index (κ2) is 10.2. The Morgan fingerprint density at radius 3 is 2.36 bits per heavy atom. The van der Waals surface area contributed by atoms with E-state index in [1.807, 2.05) is 4.90 Å². The van der Waals surface area contributed by atoms with Crippen LogP contribution in [0, 0.1) is 0 Å². The molecule has 0 radical (unpaired) electrons. The van der Waals surface area contributed by atoms with Crippen molar-refractivity contribution in [1.82, 2.24) is 19.6 Å². The summed E-state index contributed by atoms with van der Waals surface area (Å²) in [6, 6.07) is 5.08. The average molecular weight is 533 g/mol. The highest BCUT2D eigenvalue weighted by Crippen LogP contribution is 2.38. The van der Waals surface area contributed by atoms with Gasteiger partial charge in [0, 0.05) is 63.8 Å². The minimum absolute atomic E-state index is 0.0401. The second-order valence-electron chi connectivity index (χ2n) is 9.08. The number of hydrogen-bond donors (Lipinski definition) is 1. The van der Waals surface area contributed by atoms with Crippen LogP contribution in [-0.4, -0.2) is 85.7 Å². The van der Waals surface area contributed by atoms with Crippen molar-refractivity contribution in [3.05, 3.63) is 41.6 Å². The predicted molar refractivity (Wildman–Crippen MR) is 126 cm³/mol. The molecule has 2 saturated heterocycles. The molecule has 1 N–H and O–H groups in total. The number of piperazine rings is 1. The summed E-state index contributed by atoms with van der Waals surface area (Å²) < 4.78 is 80.3. The van der Waals surface area contributed by atoms with Crippen LogP contribution >= 0.6 is 0 Å². The molecule has 1 aromatic carbocycles. The van der Waals surface area contributed by atoms with Gasteiger partial charge < -0.3 is 9.80 Å². The van der Waals surface area contributed by atoms with Crippen LogP contribution in [0.4, 0.5) is 33.9 Å². The molecule has 2 aromatic rings. The van der Waals surface area contributed by atoms with Gasteiger partial charge in [0.25, 0.3) is 0 Å². The number of carbonyl (C=O) groups is 1. The van der Waals surface area contributed by atoms with E-state index in [0.717, 1.165) is 17.0 Å². The van der Waals surface area contributed by atoms with Gasteiger partial charge in [-0.2, -0.15) is 17.9 Å². The van der Waals surface area contributed by atoms with Gasteiger partial charge in [0.15, 0.2) is 5.82 Å². The van der Waals surface area contributed by atoms with E-state index in [1.165, 1.54) is 18.3 Å². The first-order valence-electron chi connectivity index (χ1n) is 11.5. The number of carbonyl (C=O) groups excluding carboxylic acids is 1. The third-order valence-corrected chi connectivity index (χ3v) is 6.84. The van der Waals surface area contributed by atoms with Gasteiger partial charge in [0.2, 0.25) is 10.0 Å². The van der Waals surface area contributed by atoms with Crippen molar-refractivity contribution in [3.63, 3.8) is 0 Å². The van der Waals surface area contributed by atoms with Crippen LogP contribution in [0.15, 0.2) is 30.5 Å². The molecule has 9 nitrogen and oxygen atoms in total. The molecule has 3 heterocycles. The van der Waals surface area contributed by atoms with E-state index in [-0.39, 0.29) is 37.4 Å². The summed E-state index contributed by atoms with van der Waals surface area (Å²) in [5.41, 5.74) is 0.0737. The Morgan fingerprint density at radius 1 is 1.08 bits per heavy atom. The van der Waals surface area contributed by atoms with Gasteiger partial charge in [-0.15, -0.1) is 5.10 Å². The maximum atomic E-state index is 13.6. The number of rotatable bonds is 5. The Labute approximate surface area is 206 Å². The lowest BCUT2D eigenvalue weighted by Crippen LogP contribution is -2.49. The number of hydrogen-bond acceptors (Lipinski definition) is 6. The number of nitrogens with zero attached hydrogens (tertiary/aromatic N) is 5. The second-order valence-corrected chi connectivity index (χ2v) is 10.8. The highest BCUT2D eigenvalue weighted by atomic mass is 32.2. The Kier molecular flexibility index (Phi) is 7.46. The zero-order chi connectivity index (χ0) is 26.1. The molecule has 2 aliphatic rings. The van der Waals surface area contributed by atoms with Crippen molar-refractivity contribution in [1.29, 1.82) is 0 Å². The molecule has 0 bridgehead atoms. The number of piperidine rings is 1. The molecular formula is C22H28F4N6O3S. The van der Waals surface area contributed by atoms with Crippen LogP contribution in [0.25, 0.3) is 0 Å². The maximum Gasteiger partial charge on any atom is 0.418 e.